The summed E-state index contributed by atoms with van der Waals surface area (Å²) in [5.74, 6) is 1.54. The van der Waals surface area contributed by atoms with Gasteiger partial charge in [-0.25, -0.2) is 15.0 Å². The molecule has 0 radical (unpaired) electrons. The van der Waals surface area contributed by atoms with Crippen LogP contribution in [-0.4, -0.2) is 19.9 Å². The number of nitrogens with two attached hydrogens (primary N) is 1. The average Bonchev–Trinajstić information content (AvgIpc) is 3.06. The van der Waals surface area contributed by atoms with Gasteiger partial charge in [-0.05, 0) is 0 Å². The van der Waals surface area contributed by atoms with Crippen LogP contribution in [0.15, 0.2) is 47.8 Å². The zero-order valence-electron chi connectivity index (χ0n) is 11.5. The normalized spacial score (nSPS) is 10.3. The molecule has 0 spiro atoms. The van der Waals surface area contributed by atoms with E-state index in [1.54, 1.807) is 12.4 Å². The van der Waals surface area contributed by atoms with E-state index in [0.717, 1.165) is 11.4 Å². The Morgan fingerprint density at radius 2 is 2.05 bits per heavy atom. The standard InChI is InChI=1S/C15H12N6S/c16-8-11-13(10-4-2-1-3-5-10)20-15(17)21-14(11)22-9-12-18-6-7-19-12/h1-7H,9H2,(H,18,19)(H2,17,20,21). The number of thioether (sulfide) groups is 1. The summed E-state index contributed by atoms with van der Waals surface area (Å²) in [6.45, 7) is 0. The summed E-state index contributed by atoms with van der Waals surface area (Å²) >= 11 is 1.40. The molecule has 0 atom stereocenters. The fraction of sp³-hybridized carbons (Fsp3) is 0.0667. The molecule has 6 nitrogen and oxygen atoms in total. The quantitative estimate of drug-likeness (QED) is 0.567. The predicted molar refractivity (Wildman–Crippen MR) is 84.7 cm³/mol. The van der Waals surface area contributed by atoms with Crippen molar-refractivity contribution in [2.24, 2.45) is 0 Å². The molecule has 0 aliphatic heterocycles. The minimum Gasteiger partial charge on any atom is -0.368 e. The monoisotopic (exact) mass is 308 g/mol. The Balaban J connectivity index is 2.00. The lowest BCUT2D eigenvalue weighted by Crippen LogP contribution is -2.02. The van der Waals surface area contributed by atoms with Crippen molar-refractivity contribution < 1.29 is 0 Å². The van der Waals surface area contributed by atoms with Gasteiger partial charge in [0.1, 0.15) is 22.5 Å². The molecule has 2 heterocycles. The summed E-state index contributed by atoms with van der Waals surface area (Å²) in [7, 11) is 0. The Labute approximate surface area is 131 Å². The van der Waals surface area contributed by atoms with Crippen LogP contribution in [0.4, 0.5) is 5.95 Å². The summed E-state index contributed by atoms with van der Waals surface area (Å²) in [6.07, 6.45) is 3.44. The maximum atomic E-state index is 9.50. The van der Waals surface area contributed by atoms with Crippen molar-refractivity contribution in [3.05, 3.63) is 54.1 Å². The van der Waals surface area contributed by atoms with Gasteiger partial charge in [0.2, 0.25) is 5.95 Å². The topological polar surface area (TPSA) is 104 Å². The molecule has 0 bridgehead atoms. The molecule has 3 N–H and O–H groups in total. The van der Waals surface area contributed by atoms with Crippen LogP contribution in [0.1, 0.15) is 11.4 Å². The molecule has 3 rings (SSSR count). The van der Waals surface area contributed by atoms with Gasteiger partial charge in [0.15, 0.2) is 0 Å². The highest BCUT2D eigenvalue weighted by Gasteiger charge is 2.15. The second kappa shape index (κ2) is 6.28. The average molecular weight is 308 g/mol. The molecule has 7 heteroatoms. The first kappa shape index (κ1) is 14.1. The van der Waals surface area contributed by atoms with Crippen LogP contribution in [0, 0.1) is 11.3 Å². The number of nitrogens with zero attached hydrogens (tertiary/aromatic N) is 4. The number of nitriles is 1. The van der Waals surface area contributed by atoms with Gasteiger partial charge in [-0.3, -0.25) is 0 Å². The highest BCUT2D eigenvalue weighted by Crippen LogP contribution is 2.30. The number of benzene rings is 1. The Morgan fingerprint density at radius 3 is 2.73 bits per heavy atom. The van der Waals surface area contributed by atoms with Crippen LogP contribution >= 0.6 is 11.8 Å². The van der Waals surface area contributed by atoms with Crippen molar-refractivity contribution in [3.63, 3.8) is 0 Å². The molecule has 0 fully saturated rings. The fourth-order valence-electron chi connectivity index (χ4n) is 1.98. The number of aromatic nitrogens is 4. The molecule has 2 aromatic heterocycles. The number of rotatable bonds is 4. The maximum Gasteiger partial charge on any atom is 0.221 e. The van der Waals surface area contributed by atoms with E-state index in [-0.39, 0.29) is 5.95 Å². The molecule has 3 aromatic rings. The molecule has 0 amide bonds. The summed E-state index contributed by atoms with van der Waals surface area (Å²) < 4.78 is 0. The molecule has 1 aromatic carbocycles. The number of imidazole rings is 1. The Kier molecular flexibility index (Phi) is 4.03. The molecule has 0 saturated carbocycles. The van der Waals surface area contributed by atoms with Gasteiger partial charge < -0.3 is 10.7 Å². The second-order valence-corrected chi connectivity index (χ2v) is 5.38. The van der Waals surface area contributed by atoms with Gasteiger partial charge in [0.05, 0.1) is 11.4 Å². The molecule has 0 unspecified atom stereocenters. The van der Waals surface area contributed by atoms with Crippen LogP contribution in [0.25, 0.3) is 11.3 Å². The number of anilines is 1. The third kappa shape index (κ3) is 2.92. The number of aromatic amines is 1. The van der Waals surface area contributed by atoms with E-state index < -0.39 is 0 Å². The molecular weight excluding hydrogens is 296 g/mol. The lowest BCUT2D eigenvalue weighted by Gasteiger charge is -2.08. The van der Waals surface area contributed by atoms with E-state index in [0.29, 0.717) is 22.0 Å². The van der Waals surface area contributed by atoms with Crippen molar-refractivity contribution in [3.8, 4) is 17.3 Å². The molecule has 108 valence electrons. The molecule has 0 aliphatic rings. The Morgan fingerprint density at radius 1 is 1.23 bits per heavy atom. The number of hydrogen-bond donors (Lipinski definition) is 2. The minimum absolute atomic E-state index is 0.153. The Bertz CT molecular complexity index is 808. The summed E-state index contributed by atoms with van der Waals surface area (Å²) in [5.41, 5.74) is 7.62. The number of nitrogen functional groups attached to an aromatic ring is 1. The van der Waals surface area contributed by atoms with Gasteiger partial charge in [0.25, 0.3) is 0 Å². The van der Waals surface area contributed by atoms with E-state index in [1.165, 1.54) is 11.8 Å². The third-order valence-electron chi connectivity index (χ3n) is 2.95. The van der Waals surface area contributed by atoms with Crippen LogP contribution in [0.5, 0.6) is 0 Å². The third-order valence-corrected chi connectivity index (χ3v) is 3.94. The highest BCUT2D eigenvalue weighted by atomic mass is 32.2. The van der Waals surface area contributed by atoms with Crippen LogP contribution in [-0.2, 0) is 5.75 Å². The SMILES string of the molecule is N#Cc1c(SCc2ncc[nH]2)nc(N)nc1-c1ccccc1. The van der Waals surface area contributed by atoms with Crippen LogP contribution in [0.3, 0.4) is 0 Å². The Hall–Kier alpha value is -2.85. The van der Waals surface area contributed by atoms with Crippen molar-refractivity contribution in [1.82, 2.24) is 19.9 Å². The molecule has 0 saturated heterocycles. The number of H-pyrrole nitrogens is 1. The number of nitrogens with one attached hydrogen (secondary N) is 1. The first-order valence-corrected chi connectivity index (χ1v) is 7.50. The predicted octanol–water partition coefficient (Wildman–Crippen LogP) is 2.61. The first-order valence-electron chi connectivity index (χ1n) is 6.52. The van der Waals surface area contributed by atoms with E-state index in [4.69, 9.17) is 5.73 Å². The summed E-state index contributed by atoms with van der Waals surface area (Å²) in [5, 5.41) is 10.1. The van der Waals surface area contributed by atoms with E-state index in [9.17, 15) is 5.26 Å². The van der Waals surface area contributed by atoms with E-state index >= 15 is 0 Å². The van der Waals surface area contributed by atoms with Gasteiger partial charge in [-0.1, -0.05) is 42.1 Å². The summed E-state index contributed by atoms with van der Waals surface area (Å²) in [6, 6.07) is 11.7. The van der Waals surface area contributed by atoms with Crippen molar-refractivity contribution in [2.45, 2.75) is 10.8 Å². The minimum atomic E-state index is 0.153. The maximum absolute atomic E-state index is 9.50. The molecule has 22 heavy (non-hydrogen) atoms. The highest BCUT2D eigenvalue weighted by molar-refractivity contribution is 7.98. The fourth-order valence-corrected chi connectivity index (χ4v) is 2.86. The first-order chi connectivity index (χ1) is 10.8. The van der Waals surface area contributed by atoms with Gasteiger partial charge >= 0.3 is 0 Å². The lowest BCUT2D eigenvalue weighted by molar-refractivity contribution is 1.04. The summed E-state index contributed by atoms with van der Waals surface area (Å²) in [4.78, 5) is 15.6. The number of hydrogen-bond acceptors (Lipinski definition) is 6. The largest absolute Gasteiger partial charge is 0.368 e. The van der Waals surface area contributed by atoms with E-state index in [2.05, 4.69) is 26.0 Å². The van der Waals surface area contributed by atoms with Crippen molar-refractivity contribution >= 4 is 17.7 Å². The van der Waals surface area contributed by atoms with Crippen LogP contribution < -0.4 is 5.73 Å². The smallest absolute Gasteiger partial charge is 0.221 e. The van der Waals surface area contributed by atoms with Crippen LogP contribution in [0.2, 0.25) is 0 Å². The molecule has 0 aliphatic carbocycles. The van der Waals surface area contributed by atoms with Gasteiger partial charge in [-0.15, -0.1) is 0 Å². The van der Waals surface area contributed by atoms with Crippen molar-refractivity contribution in [2.75, 3.05) is 5.73 Å². The zero-order valence-corrected chi connectivity index (χ0v) is 12.3. The molecular formula is C15H12N6S. The van der Waals surface area contributed by atoms with Crippen molar-refractivity contribution in [1.29, 1.82) is 5.26 Å². The second-order valence-electron chi connectivity index (χ2n) is 4.41. The zero-order chi connectivity index (χ0) is 15.4. The van der Waals surface area contributed by atoms with Gasteiger partial charge in [-0.2, -0.15) is 5.26 Å². The van der Waals surface area contributed by atoms with Gasteiger partial charge in [0, 0.05) is 18.0 Å². The lowest BCUT2D eigenvalue weighted by atomic mass is 10.1. The van der Waals surface area contributed by atoms with E-state index in [1.807, 2.05) is 30.3 Å².